The lowest BCUT2D eigenvalue weighted by molar-refractivity contribution is -0.470. The van der Waals surface area contributed by atoms with Crippen molar-refractivity contribution >= 4 is 40.8 Å². The van der Waals surface area contributed by atoms with Gasteiger partial charge in [0.15, 0.2) is 0 Å². The van der Waals surface area contributed by atoms with E-state index in [1.54, 1.807) is 42.5 Å². The number of anilines is 1. The summed E-state index contributed by atoms with van der Waals surface area (Å²) >= 11 is 12.0. The second-order valence-electron chi connectivity index (χ2n) is 8.49. The van der Waals surface area contributed by atoms with E-state index in [4.69, 9.17) is 23.2 Å². The molecule has 4 rings (SSSR count). The first-order chi connectivity index (χ1) is 16.7. The Morgan fingerprint density at radius 1 is 1.20 bits per heavy atom. The third-order valence-electron chi connectivity index (χ3n) is 5.92. The lowest BCUT2D eigenvalue weighted by Gasteiger charge is -2.28. The van der Waals surface area contributed by atoms with Crippen LogP contribution in [0.3, 0.4) is 0 Å². The van der Waals surface area contributed by atoms with Crippen LogP contribution in [0.5, 0.6) is 0 Å². The highest BCUT2D eigenvalue weighted by Gasteiger charge is 2.43. The van der Waals surface area contributed by atoms with E-state index in [1.165, 1.54) is 12.8 Å². The highest BCUT2D eigenvalue weighted by Crippen LogP contribution is 2.40. The van der Waals surface area contributed by atoms with Crippen LogP contribution in [0.15, 0.2) is 42.5 Å². The van der Waals surface area contributed by atoms with Crippen LogP contribution in [0.2, 0.25) is 10.0 Å². The quantitative estimate of drug-likeness (QED) is 0.317. The fourth-order valence-electron chi connectivity index (χ4n) is 4.13. The van der Waals surface area contributed by atoms with Gasteiger partial charge in [-0.15, -0.1) is 0 Å². The number of ether oxygens (including phenoxy) is 1. The van der Waals surface area contributed by atoms with Crippen molar-refractivity contribution in [2.24, 2.45) is 5.92 Å². The summed E-state index contributed by atoms with van der Waals surface area (Å²) in [7, 11) is 1.10. The molecular formula is C24H26Cl2FN3O5. The van der Waals surface area contributed by atoms with Crippen molar-refractivity contribution in [2.45, 2.75) is 31.2 Å². The maximum absolute atomic E-state index is 14.7. The van der Waals surface area contributed by atoms with Gasteiger partial charge in [-0.2, -0.15) is 0 Å². The summed E-state index contributed by atoms with van der Waals surface area (Å²) in [6, 6.07) is 11.7. The standard InChI is InChI=1S/C21H21Cl2FN2O.C3H5NO4/c22-14-3-1-4-15(11-14)25-21(27)20-17(9-10-26(20)12-13-7-8-13)16-5-2-6-18(23)19(16)24;1-8-3(5)2-4(6)7/h1-6,11,13,17,20H,7-10,12H2,(H,25,27);2H2,1H3. The van der Waals surface area contributed by atoms with Crippen molar-refractivity contribution in [3.63, 3.8) is 0 Å². The molecule has 2 atom stereocenters. The molecular weight excluding hydrogens is 500 g/mol. The van der Waals surface area contributed by atoms with Crippen LogP contribution < -0.4 is 5.32 Å². The summed E-state index contributed by atoms with van der Waals surface area (Å²) in [6.45, 7) is 0.906. The molecule has 11 heteroatoms. The molecule has 2 aromatic rings. The Morgan fingerprint density at radius 3 is 2.51 bits per heavy atom. The highest BCUT2D eigenvalue weighted by atomic mass is 35.5. The van der Waals surface area contributed by atoms with Crippen molar-refractivity contribution in [1.29, 1.82) is 0 Å². The van der Waals surface area contributed by atoms with E-state index in [2.05, 4.69) is 15.0 Å². The summed E-state index contributed by atoms with van der Waals surface area (Å²) in [5.74, 6) is -0.941. The van der Waals surface area contributed by atoms with Crippen molar-refractivity contribution in [1.82, 2.24) is 4.90 Å². The van der Waals surface area contributed by atoms with Crippen LogP contribution >= 0.6 is 23.2 Å². The van der Waals surface area contributed by atoms with Crippen molar-refractivity contribution < 1.29 is 23.6 Å². The van der Waals surface area contributed by atoms with Crippen LogP contribution in [0, 0.1) is 21.8 Å². The first-order valence-corrected chi connectivity index (χ1v) is 11.9. The maximum atomic E-state index is 14.7. The number of nitrogens with one attached hydrogen (secondary N) is 1. The van der Waals surface area contributed by atoms with Gasteiger partial charge in [-0.1, -0.05) is 41.4 Å². The molecule has 1 aliphatic carbocycles. The fraction of sp³-hybridized carbons (Fsp3) is 0.417. The van der Waals surface area contributed by atoms with Crippen LogP contribution in [-0.2, 0) is 14.3 Å². The summed E-state index contributed by atoms with van der Waals surface area (Å²) in [5, 5.41) is 13.1. The molecule has 1 aliphatic heterocycles. The molecule has 1 N–H and O–H groups in total. The first kappa shape index (κ1) is 26.8. The number of likely N-dealkylation sites (tertiary alicyclic amines) is 1. The van der Waals surface area contributed by atoms with E-state index in [0.29, 0.717) is 22.2 Å². The third kappa shape index (κ3) is 7.62. The number of methoxy groups -OCH3 is 1. The molecule has 0 radical (unpaired) electrons. The van der Waals surface area contributed by atoms with E-state index in [1.807, 2.05) is 0 Å². The molecule has 0 spiro atoms. The number of carbonyl (C=O) groups excluding carboxylic acids is 2. The Hall–Kier alpha value is -2.75. The minimum Gasteiger partial charge on any atom is -0.464 e. The van der Waals surface area contributed by atoms with Gasteiger partial charge in [-0.25, -0.2) is 9.18 Å². The number of nitrogens with zero attached hydrogens (tertiary/aromatic N) is 2. The molecule has 2 aromatic carbocycles. The van der Waals surface area contributed by atoms with Gasteiger partial charge in [0.2, 0.25) is 5.91 Å². The summed E-state index contributed by atoms with van der Waals surface area (Å²) in [4.78, 5) is 34.1. The van der Waals surface area contributed by atoms with E-state index in [0.717, 1.165) is 26.6 Å². The third-order valence-corrected chi connectivity index (χ3v) is 6.45. The van der Waals surface area contributed by atoms with Crippen molar-refractivity contribution in [2.75, 3.05) is 32.1 Å². The SMILES string of the molecule is COC(=O)C[N+](=O)[O-].O=C(Nc1cccc(Cl)c1)C1C(c2cccc(Cl)c2F)CCN1CC1CC1. The molecule has 8 nitrogen and oxygen atoms in total. The van der Waals surface area contributed by atoms with Crippen LogP contribution in [0.1, 0.15) is 30.7 Å². The van der Waals surface area contributed by atoms with Crippen LogP contribution in [0.25, 0.3) is 0 Å². The van der Waals surface area contributed by atoms with Gasteiger partial charge < -0.3 is 10.1 Å². The number of benzene rings is 2. The fourth-order valence-corrected chi connectivity index (χ4v) is 4.50. The van der Waals surface area contributed by atoms with Gasteiger partial charge in [-0.3, -0.25) is 19.8 Å². The van der Waals surface area contributed by atoms with Crippen LogP contribution in [-0.4, -0.2) is 54.5 Å². The van der Waals surface area contributed by atoms with E-state index in [9.17, 15) is 24.1 Å². The number of hydrogen-bond acceptors (Lipinski definition) is 6. The molecule has 1 saturated heterocycles. The molecule has 1 amide bonds. The molecule has 2 unspecified atom stereocenters. The molecule has 0 aromatic heterocycles. The molecule has 188 valence electrons. The normalized spacial score (nSPS) is 19.4. The number of rotatable bonds is 7. The molecule has 2 aliphatic rings. The van der Waals surface area contributed by atoms with Crippen LogP contribution in [0.4, 0.5) is 10.1 Å². The van der Waals surface area contributed by atoms with Crippen molar-refractivity contribution in [3.05, 3.63) is 74.0 Å². The summed E-state index contributed by atoms with van der Waals surface area (Å²) in [5.41, 5.74) is 1.17. The predicted molar refractivity (Wildman–Crippen MR) is 131 cm³/mol. The monoisotopic (exact) mass is 525 g/mol. The smallest absolute Gasteiger partial charge is 0.378 e. The van der Waals surface area contributed by atoms with Gasteiger partial charge >= 0.3 is 5.97 Å². The van der Waals surface area contributed by atoms with Gasteiger partial charge in [0.05, 0.1) is 18.2 Å². The van der Waals surface area contributed by atoms with Crippen molar-refractivity contribution in [3.8, 4) is 0 Å². The van der Waals surface area contributed by atoms with Gasteiger partial charge in [0.25, 0.3) is 6.54 Å². The lowest BCUT2D eigenvalue weighted by atomic mass is 9.90. The van der Waals surface area contributed by atoms with Gasteiger partial charge in [0, 0.05) is 28.1 Å². The van der Waals surface area contributed by atoms with E-state index >= 15 is 0 Å². The molecule has 1 heterocycles. The minimum atomic E-state index is -0.824. The maximum Gasteiger partial charge on any atom is 0.378 e. The predicted octanol–water partition coefficient (Wildman–Crippen LogP) is 4.78. The molecule has 35 heavy (non-hydrogen) atoms. The van der Waals surface area contributed by atoms with E-state index < -0.39 is 29.3 Å². The zero-order chi connectivity index (χ0) is 25.5. The molecule has 0 bridgehead atoms. The minimum absolute atomic E-state index is 0.0992. The van der Waals surface area contributed by atoms with Gasteiger partial charge in [0.1, 0.15) is 5.82 Å². The Bertz CT molecular complexity index is 1080. The second kappa shape index (κ2) is 12.3. The molecule has 2 fully saturated rings. The number of carbonyl (C=O) groups is 2. The Kier molecular flexibility index (Phi) is 9.42. The second-order valence-corrected chi connectivity index (χ2v) is 9.33. The number of amides is 1. The van der Waals surface area contributed by atoms with Gasteiger partial charge in [-0.05, 0) is 61.6 Å². The Labute approximate surface area is 212 Å². The summed E-state index contributed by atoms with van der Waals surface area (Å²) in [6.07, 6.45) is 3.14. The number of hydrogen-bond donors (Lipinski definition) is 1. The zero-order valence-corrected chi connectivity index (χ0v) is 20.6. The lowest BCUT2D eigenvalue weighted by Crippen LogP contribution is -2.43. The Morgan fingerprint density at radius 2 is 1.91 bits per heavy atom. The summed E-state index contributed by atoms with van der Waals surface area (Å²) < 4.78 is 18.7. The largest absolute Gasteiger partial charge is 0.464 e. The first-order valence-electron chi connectivity index (χ1n) is 11.1. The number of nitro groups is 1. The topological polar surface area (TPSA) is 102 Å². The van der Waals surface area contributed by atoms with E-state index in [-0.39, 0.29) is 16.8 Å². The highest BCUT2D eigenvalue weighted by molar-refractivity contribution is 6.31. The average molecular weight is 526 g/mol. The number of esters is 1. The Balaban J connectivity index is 0.000000371. The number of halogens is 3. The zero-order valence-electron chi connectivity index (χ0n) is 19.1. The molecule has 1 saturated carbocycles. The average Bonchev–Trinajstić information content (AvgIpc) is 3.52.